The van der Waals surface area contributed by atoms with Crippen LogP contribution in [0, 0.1) is 5.41 Å². The van der Waals surface area contributed by atoms with Crippen molar-refractivity contribution in [3.05, 3.63) is 22.3 Å². The lowest BCUT2D eigenvalue weighted by Gasteiger charge is -2.49. The van der Waals surface area contributed by atoms with E-state index in [2.05, 4.69) is 15.5 Å². The van der Waals surface area contributed by atoms with Crippen LogP contribution in [0.2, 0.25) is 0 Å². The Morgan fingerprint density at radius 3 is 2.60 bits per heavy atom. The predicted molar refractivity (Wildman–Crippen MR) is 152 cm³/mol. The molecule has 5 N–H and O–H groups in total. The molecule has 0 spiro atoms. The first kappa shape index (κ1) is 32.0. The number of carbonyl (C=O) groups excluding carboxylic acids is 5. The minimum atomic E-state index is -1.11. The number of aliphatic hydroxyl groups is 1. The van der Waals surface area contributed by atoms with E-state index >= 15 is 0 Å². The number of aliphatic hydroxyl groups excluding tert-OH is 1. The molecule has 2 saturated heterocycles. The number of nitrogen functional groups attached to an aromatic ring is 1. The molecule has 3 aliphatic rings. The third-order valence-electron chi connectivity index (χ3n) is 6.79. The molecule has 0 aromatic carbocycles. The maximum Gasteiger partial charge on any atom is 0.410 e. The van der Waals surface area contributed by atoms with Crippen molar-refractivity contribution in [1.82, 2.24) is 20.1 Å². The van der Waals surface area contributed by atoms with Gasteiger partial charge in [-0.05, 0) is 33.6 Å². The van der Waals surface area contributed by atoms with Crippen LogP contribution in [0.4, 0.5) is 9.93 Å². The molecule has 3 atom stereocenters. The number of rotatable bonds is 9. The van der Waals surface area contributed by atoms with Gasteiger partial charge in [-0.25, -0.2) is 14.6 Å². The van der Waals surface area contributed by atoms with E-state index in [1.165, 1.54) is 22.0 Å². The second kappa shape index (κ2) is 13.2. The monoisotopic (exact) mass is 640 g/mol. The maximum absolute atomic E-state index is 13.3. The summed E-state index contributed by atoms with van der Waals surface area (Å²) in [5, 5.41) is 25.2. The van der Waals surface area contributed by atoms with Gasteiger partial charge in [0, 0.05) is 23.3 Å². The summed E-state index contributed by atoms with van der Waals surface area (Å²) >= 11 is 2.22. The highest BCUT2D eigenvalue weighted by molar-refractivity contribution is 8.00. The SMILES string of the molecule is CC(C)(C)C(=O)OCOC(=O)C1=C(COC(=O)N2CCC[C@H]2CO)CS[C@@H]2C(NC(=O)/C(=N\O)c3csc(N)n3)C(=O)N12. The van der Waals surface area contributed by atoms with Crippen LogP contribution in [0.15, 0.2) is 21.8 Å². The van der Waals surface area contributed by atoms with Crippen molar-refractivity contribution in [2.24, 2.45) is 10.6 Å². The number of nitrogens with two attached hydrogens (primary N) is 1. The standard InChI is InChI=1S/C25H32N6O10S2/c1-25(2,3)22(36)41-11-40-21(35)17-12(8-39-24(37)30-6-4-5-13(30)7-32)9-42-20-16(19(34)31(17)20)28-18(33)15(29-38)14-10-43-23(26)27-14/h10,13,16,20,32,38H,4-9,11H2,1-3H3,(H2,26,27)(H,28,33)/b29-15-/t13-,16?,20+/m0/s1. The fourth-order valence-corrected chi connectivity index (χ4v) is 6.40. The van der Waals surface area contributed by atoms with Crippen molar-refractivity contribution in [2.75, 3.05) is 38.0 Å². The number of oxime groups is 1. The van der Waals surface area contributed by atoms with E-state index in [-0.39, 0.29) is 47.1 Å². The number of likely N-dealkylation sites (tertiary alicyclic amines) is 1. The first-order chi connectivity index (χ1) is 20.4. The molecule has 1 aromatic heterocycles. The topological polar surface area (TPSA) is 223 Å². The lowest BCUT2D eigenvalue weighted by atomic mass is 9.98. The van der Waals surface area contributed by atoms with E-state index in [1.807, 2.05) is 0 Å². The Labute approximate surface area is 254 Å². The quantitative estimate of drug-likeness (QED) is 0.0710. The van der Waals surface area contributed by atoms with Gasteiger partial charge in [-0.3, -0.25) is 19.3 Å². The second-order valence-corrected chi connectivity index (χ2v) is 12.8. The number of β-lactam (4-membered cyclic amide) rings is 1. The second-order valence-electron chi connectivity index (χ2n) is 10.8. The van der Waals surface area contributed by atoms with E-state index in [4.69, 9.17) is 19.9 Å². The van der Waals surface area contributed by atoms with E-state index in [0.29, 0.717) is 19.4 Å². The molecular weight excluding hydrogens is 608 g/mol. The van der Waals surface area contributed by atoms with Crippen LogP contribution >= 0.6 is 23.1 Å². The number of hydrogen-bond acceptors (Lipinski definition) is 15. The Hall–Kier alpha value is -3.90. The highest BCUT2D eigenvalue weighted by atomic mass is 32.2. The molecule has 1 unspecified atom stereocenters. The molecule has 234 valence electrons. The van der Waals surface area contributed by atoms with Gasteiger partial charge >= 0.3 is 18.0 Å². The summed E-state index contributed by atoms with van der Waals surface area (Å²) in [6, 6.07) is -1.48. The van der Waals surface area contributed by atoms with Crippen molar-refractivity contribution in [3.8, 4) is 0 Å². The maximum atomic E-state index is 13.3. The van der Waals surface area contributed by atoms with Gasteiger partial charge in [0.1, 0.15) is 29.4 Å². The number of nitrogens with zero attached hydrogens (tertiary/aromatic N) is 4. The number of fused-ring (bicyclic) bond motifs is 1. The number of anilines is 1. The van der Waals surface area contributed by atoms with Crippen LogP contribution in [-0.4, -0.2) is 110 Å². The fourth-order valence-electron chi connectivity index (χ4n) is 4.52. The van der Waals surface area contributed by atoms with E-state index < -0.39 is 59.2 Å². The lowest BCUT2D eigenvalue weighted by molar-refractivity contribution is -0.173. The van der Waals surface area contributed by atoms with Crippen molar-refractivity contribution >= 4 is 63.8 Å². The Bertz CT molecular complexity index is 1360. The lowest BCUT2D eigenvalue weighted by Crippen LogP contribution is -2.71. The van der Waals surface area contributed by atoms with Gasteiger partial charge in [-0.2, -0.15) is 0 Å². The highest BCUT2D eigenvalue weighted by Gasteiger charge is 2.55. The number of ether oxygens (including phenoxy) is 3. The number of carbonyl (C=O) groups is 5. The van der Waals surface area contributed by atoms with Crippen molar-refractivity contribution < 1.29 is 48.5 Å². The zero-order valence-corrected chi connectivity index (χ0v) is 25.2. The number of aromatic nitrogens is 1. The normalized spacial score (nSPS) is 22.1. The average molecular weight is 641 g/mol. The van der Waals surface area contributed by atoms with E-state index in [9.17, 15) is 34.3 Å². The summed E-state index contributed by atoms with van der Waals surface area (Å²) in [5.74, 6) is -3.06. The molecule has 2 fully saturated rings. The third-order valence-corrected chi connectivity index (χ3v) is 8.81. The van der Waals surface area contributed by atoms with Gasteiger partial charge in [0.2, 0.25) is 6.79 Å². The van der Waals surface area contributed by atoms with Crippen LogP contribution < -0.4 is 11.1 Å². The first-order valence-corrected chi connectivity index (χ1v) is 15.1. The molecule has 0 bridgehead atoms. The number of amides is 3. The molecular formula is C25H32N6O10S2. The first-order valence-electron chi connectivity index (χ1n) is 13.2. The molecule has 0 radical (unpaired) electrons. The summed E-state index contributed by atoms with van der Waals surface area (Å²) < 4.78 is 15.6. The van der Waals surface area contributed by atoms with Gasteiger partial charge in [-0.15, -0.1) is 23.1 Å². The minimum Gasteiger partial charge on any atom is -0.445 e. The van der Waals surface area contributed by atoms with E-state index in [1.54, 1.807) is 20.8 Å². The van der Waals surface area contributed by atoms with Gasteiger partial charge < -0.3 is 40.5 Å². The zero-order valence-electron chi connectivity index (χ0n) is 23.6. The Kier molecular flexibility index (Phi) is 9.81. The Morgan fingerprint density at radius 1 is 1.23 bits per heavy atom. The fraction of sp³-hybridized carbons (Fsp3) is 0.560. The number of thiazole rings is 1. The summed E-state index contributed by atoms with van der Waals surface area (Å²) in [4.78, 5) is 70.6. The van der Waals surface area contributed by atoms with Crippen LogP contribution in [-0.2, 0) is 33.4 Å². The molecule has 4 heterocycles. The number of nitrogens with one attached hydrogen (secondary N) is 1. The summed E-state index contributed by atoms with van der Waals surface area (Å²) in [6.07, 6.45) is 0.658. The molecule has 43 heavy (non-hydrogen) atoms. The number of esters is 2. The molecule has 0 aliphatic carbocycles. The minimum absolute atomic E-state index is 0.0157. The Balaban J connectivity index is 1.50. The molecule has 16 nitrogen and oxygen atoms in total. The largest absolute Gasteiger partial charge is 0.445 e. The molecule has 0 saturated carbocycles. The summed E-state index contributed by atoms with van der Waals surface area (Å²) in [5.41, 5.74) is 4.36. The van der Waals surface area contributed by atoms with Crippen LogP contribution in [0.3, 0.4) is 0 Å². The van der Waals surface area contributed by atoms with E-state index in [0.717, 1.165) is 16.2 Å². The van der Waals surface area contributed by atoms with Gasteiger partial charge in [0.05, 0.1) is 18.1 Å². The smallest absolute Gasteiger partial charge is 0.410 e. The molecule has 3 aliphatic heterocycles. The van der Waals surface area contributed by atoms with Crippen molar-refractivity contribution in [2.45, 2.75) is 51.1 Å². The molecule has 18 heteroatoms. The van der Waals surface area contributed by atoms with Crippen LogP contribution in [0.1, 0.15) is 39.3 Å². The van der Waals surface area contributed by atoms with Crippen LogP contribution in [0.25, 0.3) is 0 Å². The number of hydrogen-bond donors (Lipinski definition) is 4. The number of thioether (sulfide) groups is 1. The van der Waals surface area contributed by atoms with Crippen molar-refractivity contribution in [3.63, 3.8) is 0 Å². The average Bonchev–Trinajstić information content (AvgIpc) is 3.62. The van der Waals surface area contributed by atoms with Gasteiger partial charge in [0.25, 0.3) is 11.8 Å². The Morgan fingerprint density at radius 2 is 1.98 bits per heavy atom. The zero-order chi connectivity index (χ0) is 31.5. The third kappa shape index (κ3) is 6.86. The van der Waals surface area contributed by atoms with Crippen LogP contribution in [0.5, 0.6) is 0 Å². The van der Waals surface area contributed by atoms with Gasteiger partial charge in [-0.1, -0.05) is 5.16 Å². The molecule has 4 rings (SSSR count). The highest BCUT2D eigenvalue weighted by Crippen LogP contribution is 2.41. The molecule has 3 amide bonds. The summed E-state index contributed by atoms with van der Waals surface area (Å²) in [7, 11) is 0. The molecule has 1 aromatic rings. The predicted octanol–water partition coefficient (Wildman–Crippen LogP) is 0.241. The summed E-state index contributed by atoms with van der Waals surface area (Å²) in [6.45, 7) is 4.00. The van der Waals surface area contributed by atoms with Gasteiger partial charge in [0.15, 0.2) is 10.8 Å². The van der Waals surface area contributed by atoms with Crippen molar-refractivity contribution in [1.29, 1.82) is 0 Å².